The number of hydrogen-bond donors (Lipinski definition) is 1. The van der Waals surface area contributed by atoms with Crippen LogP contribution in [0.4, 0.5) is 0 Å². The maximum absolute atomic E-state index is 3.58. The molecule has 0 unspecified atom stereocenters. The SMILES string of the molecule is CCCNCc1cc(Br)ccc1Sc1ccc(C)cc1C. The fraction of sp³-hybridized carbons (Fsp3) is 0.333. The van der Waals surface area contributed by atoms with E-state index in [1.54, 1.807) is 0 Å². The molecule has 2 rings (SSSR count). The highest BCUT2D eigenvalue weighted by Crippen LogP contribution is 2.34. The lowest BCUT2D eigenvalue weighted by atomic mass is 10.2. The molecule has 0 bridgehead atoms. The molecule has 2 aromatic rings. The summed E-state index contributed by atoms with van der Waals surface area (Å²) in [4.78, 5) is 2.66. The van der Waals surface area contributed by atoms with Crippen LogP contribution in [0.1, 0.15) is 30.0 Å². The van der Waals surface area contributed by atoms with Crippen LogP contribution in [0.5, 0.6) is 0 Å². The lowest BCUT2D eigenvalue weighted by Crippen LogP contribution is -2.14. The van der Waals surface area contributed by atoms with E-state index in [0.717, 1.165) is 24.0 Å². The molecule has 0 aliphatic carbocycles. The topological polar surface area (TPSA) is 12.0 Å². The van der Waals surface area contributed by atoms with E-state index in [1.807, 2.05) is 11.8 Å². The van der Waals surface area contributed by atoms with Gasteiger partial charge in [0.1, 0.15) is 0 Å². The minimum atomic E-state index is 0.917. The van der Waals surface area contributed by atoms with Gasteiger partial charge in [-0.3, -0.25) is 0 Å². The van der Waals surface area contributed by atoms with Crippen LogP contribution in [0.2, 0.25) is 0 Å². The standard InChI is InChI=1S/C18H22BrNS/c1-4-9-20-12-15-11-16(19)6-8-18(15)21-17-7-5-13(2)10-14(17)3/h5-8,10-11,20H,4,9,12H2,1-3H3. The van der Waals surface area contributed by atoms with E-state index in [4.69, 9.17) is 0 Å². The van der Waals surface area contributed by atoms with Crippen molar-refractivity contribution in [1.29, 1.82) is 0 Å². The van der Waals surface area contributed by atoms with E-state index in [2.05, 4.69) is 78.4 Å². The number of nitrogens with one attached hydrogen (secondary N) is 1. The summed E-state index contributed by atoms with van der Waals surface area (Å²) < 4.78 is 1.14. The average molecular weight is 364 g/mol. The van der Waals surface area contributed by atoms with E-state index in [0.29, 0.717) is 0 Å². The summed E-state index contributed by atoms with van der Waals surface area (Å²) in [6, 6.07) is 13.2. The van der Waals surface area contributed by atoms with Crippen molar-refractivity contribution in [3.63, 3.8) is 0 Å². The number of halogens is 1. The van der Waals surface area contributed by atoms with Gasteiger partial charge in [-0.1, -0.05) is 52.3 Å². The van der Waals surface area contributed by atoms with Crippen molar-refractivity contribution in [2.75, 3.05) is 6.54 Å². The van der Waals surface area contributed by atoms with Gasteiger partial charge in [0.2, 0.25) is 0 Å². The van der Waals surface area contributed by atoms with Gasteiger partial charge in [0.05, 0.1) is 0 Å². The maximum Gasteiger partial charge on any atom is 0.0217 e. The highest BCUT2D eigenvalue weighted by atomic mass is 79.9. The van der Waals surface area contributed by atoms with Crippen LogP contribution >= 0.6 is 27.7 Å². The first-order valence-corrected chi connectivity index (χ1v) is 8.95. The van der Waals surface area contributed by atoms with Gasteiger partial charge < -0.3 is 5.32 Å². The van der Waals surface area contributed by atoms with Crippen LogP contribution in [0.25, 0.3) is 0 Å². The zero-order chi connectivity index (χ0) is 15.2. The molecule has 112 valence electrons. The molecule has 0 amide bonds. The summed E-state index contributed by atoms with van der Waals surface area (Å²) >= 11 is 5.43. The van der Waals surface area contributed by atoms with Gasteiger partial charge in [0, 0.05) is 20.8 Å². The van der Waals surface area contributed by atoms with Crippen LogP contribution in [0, 0.1) is 13.8 Å². The molecular weight excluding hydrogens is 342 g/mol. The third kappa shape index (κ3) is 4.87. The average Bonchev–Trinajstić information content (AvgIpc) is 2.44. The molecular formula is C18H22BrNS. The highest BCUT2D eigenvalue weighted by Gasteiger charge is 2.07. The number of rotatable bonds is 6. The van der Waals surface area contributed by atoms with Crippen molar-refractivity contribution >= 4 is 27.7 Å². The molecule has 2 aromatic carbocycles. The van der Waals surface area contributed by atoms with E-state index in [9.17, 15) is 0 Å². The zero-order valence-corrected chi connectivity index (χ0v) is 15.3. The third-order valence-corrected chi connectivity index (χ3v) is 5.10. The molecule has 0 saturated heterocycles. The predicted octanol–water partition coefficient (Wildman–Crippen LogP) is 5.72. The molecule has 0 aromatic heterocycles. The monoisotopic (exact) mass is 363 g/mol. The van der Waals surface area contributed by atoms with Crippen molar-refractivity contribution in [1.82, 2.24) is 5.32 Å². The number of benzene rings is 2. The Hall–Kier alpha value is -0.770. The molecule has 21 heavy (non-hydrogen) atoms. The van der Waals surface area contributed by atoms with Gasteiger partial charge in [-0.25, -0.2) is 0 Å². The largest absolute Gasteiger partial charge is 0.313 e. The van der Waals surface area contributed by atoms with Gasteiger partial charge in [-0.2, -0.15) is 0 Å². The Morgan fingerprint density at radius 1 is 1.05 bits per heavy atom. The normalized spacial score (nSPS) is 10.9. The molecule has 0 aliphatic rings. The number of hydrogen-bond acceptors (Lipinski definition) is 2. The van der Waals surface area contributed by atoms with E-state index in [1.165, 1.54) is 26.5 Å². The Kier molecular flexibility index (Phi) is 6.34. The first kappa shape index (κ1) is 16.6. The summed E-state index contributed by atoms with van der Waals surface area (Å²) in [5, 5.41) is 3.49. The van der Waals surface area contributed by atoms with Crippen molar-refractivity contribution in [2.45, 2.75) is 43.5 Å². The van der Waals surface area contributed by atoms with Gasteiger partial charge in [-0.05, 0) is 62.2 Å². The summed E-state index contributed by atoms with van der Waals surface area (Å²) in [5.41, 5.74) is 4.01. The van der Waals surface area contributed by atoms with E-state index in [-0.39, 0.29) is 0 Å². The van der Waals surface area contributed by atoms with Crippen molar-refractivity contribution in [2.24, 2.45) is 0 Å². The predicted molar refractivity (Wildman–Crippen MR) is 96.2 cm³/mol. The Bertz CT molecular complexity index is 610. The molecule has 3 heteroatoms. The first-order chi connectivity index (χ1) is 10.1. The Labute approximate surface area is 140 Å². The second-order valence-electron chi connectivity index (χ2n) is 5.30. The Morgan fingerprint density at radius 2 is 1.81 bits per heavy atom. The fourth-order valence-electron chi connectivity index (χ4n) is 2.22. The molecule has 0 radical (unpaired) electrons. The van der Waals surface area contributed by atoms with Gasteiger partial charge in [0.25, 0.3) is 0 Å². The van der Waals surface area contributed by atoms with E-state index >= 15 is 0 Å². The van der Waals surface area contributed by atoms with Crippen LogP contribution in [-0.4, -0.2) is 6.54 Å². The lowest BCUT2D eigenvalue weighted by molar-refractivity contribution is 0.669. The summed E-state index contributed by atoms with van der Waals surface area (Å²) in [5.74, 6) is 0. The van der Waals surface area contributed by atoms with E-state index < -0.39 is 0 Å². The molecule has 0 atom stereocenters. The smallest absolute Gasteiger partial charge is 0.0217 e. The zero-order valence-electron chi connectivity index (χ0n) is 12.9. The first-order valence-electron chi connectivity index (χ1n) is 7.34. The van der Waals surface area contributed by atoms with Crippen molar-refractivity contribution < 1.29 is 0 Å². The van der Waals surface area contributed by atoms with Crippen LogP contribution in [0.3, 0.4) is 0 Å². The van der Waals surface area contributed by atoms with Gasteiger partial charge in [0.15, 0.2) is 0 Å². The summed E-state index contributed by atoms with van der Waals surface area (Å²) in [6.45, 7) is 8.49. The molecule has 1 nitrogen and oxygen atoms in total. The Balaban J connectivity index is 2.22. The quantitative estimate of drug-likeness (QED) is 0.658. The number of aryl methyl sites for hydroxylation is 2. The fourth-order valence-corrected chi connectivity index (χ4v) is 3.62. The molecule has 0 saturated carbocycles. The molecule has 0 heterocycles. The molecule has 0 spiro atoms. The minimum Gasteiger partial charge on any atom is -0.313 e. The van der Waals surface area contributed by atoms with Crippen molar-refractivity contribution in [3.05, 3.63) is 57.6 Å². The summed E-state index contributed by atoms with van der Waals surface area (Å²) in [6.07, 6.45) is 1.16. The van der Waals surface area contributed by atoms with Crippen LogP contribution in [0.15, 0.2) is 50.7 Å². The molecule has 1 N–H and O–H groups in total. The maximum atomic E-state index is 3.58. The minimum absolute atomic E-state index is 0.917. The third-order valence-electron chi connectivity index (χ3n) is 3.32. The van der Waals surface area contributed by atoms with Gasteiger partial charge >= 0.3 is 0 Å². The van der Waals surface area contributed by atoms with Crippen molar-refractivity contribution in [3.8, 4) is 0 Å². The molecule has 0 aliphatic heterocycles. The second kappa shape index (κ2) is 8.02. The molecule has 0 fully saturated rings. The highest BCUT2D eigenvalue weighted by molar-refractivity contribution is 9.10. The Morgan fingerprint density at radius 3 is 2.52 bits per heavy atom. The second-order valence-corrected chi connectivity index (χ2v) is 7.30. The lowest BCUT2D eigenvalue weighted by Gasteiger charge is -2.12. The van der Waals surface area contributed by atoms with Gasteiger partial charge in [-0.15, -0.1) is 0 Å². The van der Waals surface area contributed by atoms with Crippen LogP contribution < -0.4 is 5.32 Å². The summed E-state index contributed by atoms with van der Waals surface area (Å²) in [7, 11) is 0. The van der Waals surface area contributed by atoms with Crippen LogP contribution in [-0.2, 0) is 6.54 Å².